The molecule has 0 spiro atoms. The zero-order valence-electron chi connectivity index (χ0n) is 12.8. The van der Waals surface area contributed by atoms with Gasteiger partial charge in [-0.3, -0.25) is 0 Å². The Hall–Kier alpha value is -1.23. The van der Waals surface area contributed by atoms with E-state index in [1.807, 2.05) is 31.2 Å². The average molecular weight is 311 g/mol. The fraction of sp³-hybridized carbons (Fsp3) is 0.625. The smallest absolute Gasteiger partial charge is 0.152 e. The van der Waals surface area contributed by atoms with E-state index in [9.17, 15) is 8.42 Å². The predicted molar refractivity (Wildman–Crippen MR) is 86.7 cm³/mol. The second-order valence-corrected chi connectivity index (χ2v) is 8.19. The molecule has 0 saturated heterocycles. The quantitative estimate of drug-likeness (QED) is 0.840. The molecule has 1 aliphatic rings. The summed E-state index contributed by atoms with van der Waals surface area (Å²) in [4.78, 5) is 0. The maximum absolute atomic E-state index is 11.6. The first-order valence-corrected chi connectivity index (χ1v) is 9.54. The number of benzene rings is 1. The summed E-state index contributed by atoms with van der Waals surface area (Å²) in [5.41, 5.74) is 0.924. The van der Waals surface area contributed by atoms with Crippen molar-refractivity contribution >= 4 is 15.5 Å². The van der Waals surface area contributed by atoms with Crippen LogP contribution < -0.4 is 10.1 Å². The van der Waals surface area contributed by atoms with Crippen LogP contribution in [0.2, 0.25) is 0 Å². The largest absolute Gasteiger partial charge is 0.490 e. The predicted octanol–water partition coefficient (Wildman–Crippen LogP) is 3.24. The van der Waals surface area contributed by atoms with Crippen molar-refractivity contribution in [1.82, 2.24) is 0 Å². The van der Waals surface area contributed by atoms with Gasteiger partial charge in [0.25, 0.3) is 0 Å². The molecule has 21 heavy (non-hydrogen) atoms. The zero-order chi connectivity index (χ0) is 15.3. The molecule has 0 radical (unpaired) electrons. The Kier molecular flexibility index (Phi) is 5.51. The van der Waals surface area contributed by atoms with E-state index in [1.165, 1.54) is 12.8 Å². The summed E-state index contributed by atoms with van der Waals surface area (Å²) in [5, 5.41) is 3.22. The SMILES string of the molecule is CCS(=O)(=O)CC(C)Nc1ccc(OC2CCCC2)cc1. The molecule has 2 rings (SSSR count). The molecule has 0 bridgehead atoms. The Morgan fingerprint density at radius 2 is 1.86 bits per heavy atom. The molecule has 0 heterocycles. The van der Waals surface area contributed by atoms with Crippen molar-refractivity contribution in [3.8, 4) is 5.75 Å². The average Bonchev–Trinajstić information content (AvgIpc) is 2.93. The van der Waals surface area contributed by atoms with Crippen molar-refractivity contribution in [2.45, 2.75) is 51.7 Å². The van der Waals surface area contributed by atoms with Crippen molar-refractivity contribution in [2.24, 2.45) is 0 Å². The normalized spacial score (nSPS) is 17.6. The van der Waals surface area contributed by atoms with Gasteiger partial charge in [-0.15, -0.1) is 0 Å². The van der Waals surface area contributed by atoms with Crippen molar-refractivity contribution in [3.63, 3.8) is 0 Å². The number of hydrogen-bond acceptors (Lipinski definition) is 4. The van der Waals surface area contributed by atoms with Crippen LogP contribution in [-0.4, -0.2) is 32.1 Å². The second-order valence-electron chi connectivity index (χ2n) is 5.79. The minimum Gasteiger partial charge on any atom is -0.490 e. The summed E-state index contributed by atoms with van der Waals surface area (Å²) in [5.74, 6) is 1.23. The van der Waals surface area contributed by atoms with Gasteiger partial charge in [0, 0.05) is 17.5 Å². The summed E-state index contributed by atoms with van der Waals surface area (Å²) >= 11 is 0. The van der Waals surface area contributed by atoms with Gasteiger partial charge in [0.15, 0.2) is 9.84 Å². The van der Waals surface area contributed by atoms with E-state index in [1.54, 1.807) is 6.92 Å². The molecule has 1 aromatic carbocycles. The van der Waals surface area contributed by atoms with Crippen LogP contribution in [0.1, 0.15) is 39.5 Å². The highest BCUT2D eigenvalue weighted by molar-refractivity contribution is 7.91. The van der Waals surface area contributed by atoms with Crippen LogP contribution >= 0.6 is 0 Å². The topological polar surface area (TPSA) is 55.4 Å². The van der Waals surface area contributed by atoms with E-state index in [4.69, 9.17) is 4.74 Å². The molecule has 1 aliphatic carbocycles. The molecule has 1 N–H and O–H groups in total. The van der Waals surface area contributed by atoms with Crippen molar-refractivity contribution in [1.29, 1.82) is 0 Å². The maximum atomic E-state index is 11.6. The van der Waals surface area contributed by atoms with Crippen LogP contribution in [0, 0.1) is 0 Å². The number of ether oxygens (including phenoxy) is 1. The highest BCUT2D eigenvalue weighted by Crippen LogP contribution is 2.25. The van der Waals surface area contributed by atoms with Gasteiger partial charge < -0.3 is 10.1 Å². The fourth-order valence-electron chi connectivity index (χ4n) is 2.65. The summed E-state index contributed by atoms with van der Waals surface area (Å²) in [6.07, 6.45) is 5.16. The molecular weight excluding hydrogens is 286 g/mol. The third-order valence-electron chi connectivity index (χ3n) is 3.82. The minimum atomic E-state index is -2.95. The number of anilines is 1. The summed E-state index contributed by atoms with van der Waals surface area (Å²) in [6.45, 7) is 3.56. The van der Waals surface area contributed by atoms with Gasteiger partial charge in [-0.25, -0.2) is 8.42 Å². The number of hydrogen-bond donors (Lipinski definition) is 1. The fourth-order valence-corrected chi connectivity index (χ4v) is 3.73. The Morgan fingerprint density at radius 3 is 2.43 bits per heavy atom. The molecule has 1 fully saturated rings. The van der Waals surface area contributed by atoms with Crippen LogP contribution in [0.15, 0.2) is 24.3 Å². The minimum absolute atomic E-state index is 0.100. The first-order chi connectivity index (χ1) is 9.98. The zero-order valence-corrected chi connectivity index (χ0v) is 13.7. The molecular formula is C16H25NO3S. The second kappa shape index (κ2) is 7.16. The lowest BCUT2D eigenvalue weighted by Crippen LogP contribution is -2.26. The molecule has 5 heteroatoms. The van der Waals surface area contributed by atoms with E-state index in [0.717, 1.165) is 24.3 Å². The lowest BCUT2D eigenvalue weighted by Gasteiger charge is -2.16. The van der Waals surface area contributed by atoms with E-state index < -0.39 is 9.84 Å². The Morgan fingerprint density at radius 1 is 1.24 bits per heavy atom. The summed E-state index contributed by atoms with van der Waals surface area (Å²) < 4.78 is 29.1. The maximum Gasteiger partial charge on any atom is 0.152 e. The van der Waals surface area contributed by atoms with Crippen molar-refractivity contribution in [3.05, 3.63) is 24.3 Å². The van der Waals surface area contributed by atoms with Crippen LogP contribution in [-0.2, 0) is 9.84 Å². The summed E-state index contributed by atoms with van der Waals surface area (Å²) in [7, 11) is -2.95. The molecule has 0 aliphatic heterocycles. The summed E-state index contributed by atoms with van der Waals surface area (Å²) in [6, 6.07) is 7.68. The van der Waals surface area contributed by atoms with Crippen LogP contribution in [0.3, 0.4) is 0 Å². The van der Waals surface area contributed by atoms with Gasteiger partial charge in [-0.1, -0.05) is 6.92 Å². The number of rotatable bonds is 7. The van der Waals surface area contributed by atoms with Gasteiger partial charge >= 0.3 is 0 Å². The van der Waals surface area contributed by atoms with Crippen LogP contribution in [0.4, 0.5) is 5.69 Å². The van der Waals surface area contributed by atoms with Gasteiger partial charge in [0.2, 0.25) is 0 Å². The van der Waals surface area contributed by atoms with Crippen molar-refractivity contribution in [2.75, 3.05) is 16.8 Å². The van der Waals surface area contributed by atoms with Crippen LogP contribution in [0.5, 0.6) is 5.75 Å². The van der Waals surface area contributed by atoms with Crippen molar-refractivity contribution < 1.29 is 13.2 Å². The van der Waals surface area contributed by atoms with E-state index in [0.29, 0.717) is 6.10 Å². The van der Waals surface area contributed by atoms with E-state index >= 15 is 0 Å². The lowest BCUT2D eigenvalue weighted by atomic mass is 10.2. The molecule has 1 atom stereocenters. The third kappa shape index (κ3) is 5.23. The molecule has 118 valence electrons. The molecule has 4 nitrogen and oxygen atoms in total. The van der Waals surface area contributed by atoms with Gasteiger partial charge in [0.1, 0.15) is 5.75 Å². The third-order valence-corrected chi connectivity index (χ3v) is 5.70. The number of nitrogens with one attached hydrogen (secondary N) is 1. The number of sulfone groups is 1. The highest BCUT2D eigenvalue weighted by atomic mass is 32.2. The Labute approximate surface area is 127 Å². The molecule has 1 aromatic rings. The lowest BCUT2D eigenvalue weighted by molar-refractivity contribution is 0.210. The molecule has 0 aromatic heterocycles. The van der Waals surface area contributed by atoms with Crippen LogP contribution in [0.25, 0.3) is 0 Å². The molecule has 1 unspecified atom stereocenters. The molecule has 1 saturated carbocycles. The Bertz CT molecular complexity index is 533. The standard InChI is InChI=1S/C16H25NO3S/c1-3-21(18,19)12-13(2)17-14-8-10-16(11-9-14)20-15-6-4-5-7-15/h8-11,13,15,17H,3-7,12H2,1-2H3. The van der Waals surface area contributed by atoms with Gasteiger partial charge in [-0.05, 0) is 56.9 Å². The molecule has 0 amide bonds. The van der Waals surface area contributed by atoms with E-state index in [2.05, 4.69) is 5.32 Å². The first kappa shape index (κ1) is 16.1. The van der Waals surface area contributed by atoms with Gasteiger partial charge in [-0.2, -0.15) is 0 Å². The monoisotopic (exact) mass is 311 g/mol. The highest BCUT2D eigenvalue weighted by Gasteiger charge is 2.16. The first-order valence-electron chi connectivity index (χ1n) is 7.72. The van der Waals surface area contributed by atoms with E-state index in [-0.39, 0.29) is 17.5 Å². The van der Waals surface area contributed by atoms with Gasteiger partial charge in [0.05, 0.1) is 11.9 Å². The Balaban J connectivity index is 1.86.